The molecule has 4 rings (SSSR count). The van der Waals surface area contributed by atoms with Gasteiger partial charge in [0, 0.05) is 5.56 Å². The topological polar surface area (TPSA) is 69.0 Å². The normalized spacial score (nSPS) is 14.7. The van der Waals surface area contributed by atoms with Crippen LogP contribution in [0.1, 0.15) is 34.8 Å². The lowest BCUT2D eigenvalue weighted by Crippen LogP contribution is -2.30. The molecule has 1 aliphatic carbocycles. The van der Waals surface area contributed by atoms with E-state index >= 15 is 0 Å². The van der Waals surface area contributed by atoms with Gasteiger partial charge in [0.15, 0.2) is 0 Å². The molecule has 3 aromatic rings. The first-order valence-electron chi connectivity index (χ1n) is 8.64. The minimum atomic E-state index is -0.0836. The molecular formula is C20H20N4O2. The quantitative estimate of drug-likeness (QED) is 0.743. The third-order valence-electron chi connectivity index (χ3n) is 4.65. The number of carbonyl (C=O) groups is 1. The molecule has 0 spiro atoms. The third-order valence-corrected chi connectivity index (χ3v) is 4.65. The Bertz CT molecular complexity index is 886. The van der Waals surface area contributed by atoms with Gasteiger partial charge in [-0.1, -0.05) is 18.2 Å². The first-order chi connectivity index (χ1) is 12.7. The number of rotatable bonds is 6. The van der Waals surface area contributed by atoms with Gasteiger partial charge in [-0.15, -0.1) is 0 Å². The van der Waals surface area contributed by atoms with Gasteiger partial charge in [0.25, 0.3) is 5.91 Å². The minimum Gasteiger partial charge on any atom is -0.497 e. The summed E-state index contributed by atoms with van der Waals surface area (Å²) in [6.07, 6.45) is 5.35. The van der Waals surface area contributed by atoms with E-state index in [9.17, 15) is 4.79 Å². The molecule has 1 amide bonds. The number of ether oxygens (including phenoxy) is 1. The van der Waals surface area contributed by atoms with E-state index in [0.29, 0.717) is 11.5 Å². The Hall–Kier alpha value is -3.15. The van der Waals surface area contributed by atoms with Gasteiger partial charge in [-0.25, -0.2) is 9.67 Å². The molecule has 1 atom stereocenters. The Morgan fingerprint density at radius 3 is 2.69 bits per heavy atom. The van der Waals surface area contributed by atoms with Crippen LogP contribution in [0.15, 0.2) is 61.2 Å². The first kappa shape index (κ1) is 16.3. The van der Waals surface area contributed by atoms with Crippen LogP contribution in [0.25, 0.3) is 5.69 Å². The van der Waals surface area contributed by atoms with Crippen LogP contribution in [0.2, 0.25) is 0 Å². The van der Waals surface area contributed by atoms with E-state index in [2.05, 4.69) is 15.4 Å². The molecule has 1 fully saturated rings. The van der Waals surface area contributed by atoms with Crippen LogP contribution in [-0.2, 0) is 0 Å². The lowest BCUT2D eigenvalue weighted by molar-refractivity contribution is 0.0931. The van der Waals surface area contributed by atoms with E-state index in [-0.39, 0.29) is 11.9 Å². The van der Waals surface area contributed by atoms with E-state index < -0.39 is 0 Å². The number of benzene rings is 2. The Labute approximate surface area is 151 Å². The summed E-state index contributed by atoms with van der Waals surface area (Å²) in [5.41, 5.74) is 2.52. The molecule has 6 nitrogen and oxygen atoms in total. The number of nitrogens with one attached hydrogen (secondary N) is 1. The van der Waals surface area contributed by atoms with Crippen LogP contribution in [0, 0.1) is 5.92 Å². The molecule has 0 aliphatic heterocycles. The van der Waals surface area contributed by atoms with E-state index in [1.807, 2.05) is 48.5 Å². The van der Waals surface area contributed by atoms with Gasteiger partial charge in [-0.3, -0.25) is 4.79 Å². The molecular weight excluding hydrogens is 328 g/mol. The van der Waals surface area contributed by atoms with Crippen LogP contribution in [0.3, 0.4) is 0 Å². The maximum atomic E-state index is 12.8. The summed E-state index contributed by atoms with van der Waals surface area (Å²) in [6, 6.07) is 15.3. The second-order valence-corrected chi connectivity index (χ2v) is 6.45. The molecule has 26 heavy (non-hydrogen) atoms. The van der Waals surface area contributed by atoms with Gasteiger partial charge in [-0.2, -0.15) is 5.10 Å². The summed E-state index contributed by atoms with van der Waals surface area (Å²) in [5.74, 6) is 1.22. The fraction of sp³-hybridized carbons (Fsp3) is 0.250. The Balaban J connectivity index is 1.54. The maximum absolute atomic E-state index is 12.8. The highest BCUT2D eigenvalue weighted by molar-refractivity contribution is 5.95. The van der Waals surface area contributed by atoms with Crippen molar-refractivity contribution in [2.45, 2.75) is 18.9 Å². The van der Waals surface area contributed by atoms with Crippen molar-refractivity contribution in [3.63, 3.8) is 0 Å². The zero-order valence-electron chi connectivity index (χ0n) is 14.5. The largest absolute Gasteiger partial charge is 0.497 e. The van der Waals surface area contributed by atoms with Gasteiger partial charge in [0.2, 0.25) is 0 Å². The highest BCUT2D eigenvalue weighted by Crippen LogP contribution is 2.41. The number of carbonyl (C=O) groups excluding carboxylic acids is 1. The molecule has 6 heteroatoms. The molecule has 2 aromatic carbocycles. The SMILES string of the molecule is COc1ccc([C@H](NC(=O)c2cccc(-n3cncn3)c2)C2CC2)cc1. The van der Waals surface area contributed by atoms with Crippen LogP contribution >= 0.6 is 0 Å². The van der Waals surface area contributed by atoms with Crippen molar-refractivity contribution in [3.8, 4) is 11.4 Å². The Morgan fingerprint density at radius 2 is 2.04 bits per heavy atom. The molecule has 0 bridgehead atoms. The average Bonchev–Trinajstić information content (AvgIpc) is 3.38. The van der Waals surface area contributed by atoms with Crippen LogP contribution < -0.4 is 10.1 Å². The molecule has 1 N–H and O–H groups in total. The Morgan fingerprint density at radius 1 is 1.23 bits per heavy atom. The molecule has 1 aliphatic rings. The van der Waals surface area contributed by atoms with Gasteiger partial charge >= 0.3 is 0 Å². The smallest absolute Gasteiger partial charge is 0.251 e. The van der Waals surface area contributed by atoms with Crippen molar-refractivity contribution in [1.82, 2.24) is 20.1 Å². The van der Waals surface area contributed by atoms with Crippen LogP contribution in [0.5, 0.6) is 5.75 Å². The van der Waals surface area contributed by atoms with Crippen LogP contribution in [-0.4, -0.2) is 27.8 Å². The van der Waals surface area contributed by atoms with Crippen molar-refractivity contribution in [2.75, 3.05) is 7.11 Å². The monoisotopic (exact) mass is 348 g/mol. The summed E-state index contributed by atoms with van der Waals surface area (Å²) < 4.78 is 6.86. The number of amides is 1. The van der Waals surface area contributed by atoms with Gasteiger partial charge in [0.05, 0.1) is 18.8 Å². The Kier molecular flexibility index (Phi) is 4.39. The van der Waals surface area contributed by atoms with E-state index in [0.717, 1.165) is 29.8 Å². The van der Waals surface area contributed by atoms with Gasteiger partial charge in [0.1, 0.15) is 18.4 Å². The van der Waals surface area contributed by atoms with E-state index in [4.69, 9.17) is 4.74 Å². The fourth-order valence-electron chi connectivity index (χ4n) is 3.07. The zero-order valence-corrected chi connectivity index (χ0v) is 14.5. The minimum absolute atomic E-state index is 0.0171. The van der Waals surface area contributed by atoms with Crippen molar-refractivity contribution in [3.05, 3.63) is 72.3 Å². The average molecular weight is 348 g/mol. The van der Waals surface area contributed by atoms with E-state index in [1.165, 1.54) is 6.33 Å². The molecule has 1 heterocycles. The van der Waals surface area contributed by atoms with Gasteiger partial charge in [-0.05, 0) is 54.7 Å². The molecule has 1 saturated carbocycles. The fourth-order valence-corrected chi connectivity index (χ4v) is 3.07. The third kappa shape index (κ3) is 3.44. The number of hydrogen-bond acceptors (Lipinski definition) is 4. The van der Waals surface area contributed by atoms with Crippen molar-refractivity contribution >= 4 is 5.91 Å². The second kappa shape index (κ2) is 7.00. The molecule has 0 saturated heterocycles. The van der Waals surface area contributed by atoms with Crippen molar-refractivity contribution in [2.24, 2.45) is 5.92 Å². The molecule has 0 unspecified atom stereocenters. The summed E-state index contributed by atoms with van der Waals surface area (Å²) >= 11 is 0. The molecule has 0 radical (unpaired) electrons. The van der Waals surface area contributed by atoms with Crippen LogP contribution in [0.4, 0.5) is 0 Å². The van der Waals surface area contributed by atoms with Gasteiger partial charge < -0.3 is 10.1 Å². The number of hydrogen-bond donors (Lipinski definition) is 1. The maximum Gasteiger partial charge on any atom is 0.251 e. The lowest BCUT2D eigenvalue weighted by atomic mass is 10.0. The first-order valence-corrected chi connectivity index (χ1v) is 8.64. The predicted octanol–water partition coefficient (Wildman–Crippen LogP) is 3.16. The molecule has 132 valence electrons. The highest BCUT2D eigenvalue weighted by atomic mass is 16.5. The van der Waals surface area contributed by atoms with Crippen molar-refractivity contribution in [1.29, 1.82) is 0 Å². The number of methoxy groups -OCH3 is 1. The lowest BCUT2D eigenvalue weighted by Gasteiger charge is -2.19. The summed E-state index contributed by atoms with van der Waals surface area (Å²) in [6.45, 7) is 0. The highest BCUT2D eigenvalue weighted by Gasteiger charge is 2.33. The standard InChI is InChI=1S/C20H20N4O2/c1-26-18-9-7-15(8-10-18)19(14-5-6-14)23-20(25)16-3-2-4-17(11-16)24-13-21-12-22-24/h2-4,7-14,19H,5-6H2,1H3,(H,23,25)/t19-/m1/s1. The summed E-state index contributed by atoms with van der Waals surface area (Å²) in [4.78, 5) is 16.8. The zero-order chi connectivity index (χ0) is 17.9. The van der Waals surface area contributed by atoms with E-state index in [1.54, 1.807) is 18.1 Å². The molecule has 1 aromatic heterocycles. The predicted molar refractivity (Wildman–Crippen MR) is 97.3 cm³/mol. The summed E-state index contributed by atoms with van der Waals surface area (Å²) in [7, 11) is 1.65. The number of nitrogens with zero attached hydrogens (tertiary/aromatic N) is 3. The number of aromatic nitrogens is 3. The second-order valence-electron chi connectivity index (χ2n) is 6.45. The van der Waals surface area contributed by atoms with Crippen molar-refractivity contribution < 1.29 is 9.53 Å². The summed E-state index contributed by atoms with van der Waals surface area (Å²) in [5, 5.41) is 7.31.